The Bertz CT molecular complexity index is 860. The maximum Gasteiger partial charge on any atom is 0.256 e. The van der Waals surface area contributed by atoms with Gasteiger partial charge in [-0.15, -0.1) is 0 Å². The molecule has 1 atom stereocenters. The quantitative estimate of drug-likeness (QED) is 0.837. The largest absolute Gasteiger partial charge is 0.496 e. The van der Waals surface area contributed by atoms with Crippen molar-refractivity contribution < 1.29 is 24.1 Å². The zero-order valence-corrected chi connectivity index (χ0v) is 16.3. The van der Waals surface area contributed by atoms with Gasteiger partial charge in [0.25, 0.3) is 5.88 Å². The molecule has 144 valence electrons. The predicted molar refractivity (Wildman–Crippen MR) is 103 cm³/mol. The lowest BCUT2D eigenvalue weighted by Gasteiger charge is -2.29. The summed E-state index contributed by atoms with van der Waals surface area (Å²) in [4.78, 5) is 4.40. The molecule has 1 aromatic heterocycles. The van der Waals surface area contributed by atoms with Crippen molar-refractivity contribution in [2.24, 2.45) is 0 Å². The van der Waals surface area contributed by atoms with Crippen LogP contribution in [0.2, 0.25) is 0 Å². The highest BCUT2D eigenvalue weighted by atomic mass is 16.5. The first kappa shape index (κ1) is 19.0. The molecule has 0 spiro atoms. The Morgan fingerprint density at radius 1 is 1.07 bits per heavy atom. The maximum absolute atomic E-state index is 10.8. The highest BCUT2D eigenvalue weighted by Gasteiger charge is 2.27. The normalized spacial score (nSPS) is 15.5. The van der Waals surface area contributed by atoms with E-state index in [4.69, 9.17) is 18.9 Å². The van der Waals surface area contributed by atoms with Gasteiger partial charge in [0.05, 0.1) is 33.0 Å². The van der Waals surface area contributed by atoms with E-state index in [-0.39, 0.29) is 5.60 Å². The van der Waals surface area contributed by atoms with E-state index in [1.165, 1.54) is 7.11 Å². The summed E-state index contributed by atoms with van der Waals surface area (Å²) in [5.74, 6) is 2.27. The molecule has 2 heterocycles. The number of aromatic nitrogens is 1. The van der Waals surface area contributed by atoms with Crippen molar-refractivity contribution in [3.63, 3.8) is 0 Å². The van der Waals surface area contributed by atoms with Crippen molar-refractivity contribution in [1.29, 1.82) is 0 Å². The van der Waals surface area contributed by atoms with E-state index in [0.717, 1.165) is 11.3 Å². The first-order valence-corrected chi connectivity index (χ1v) is 8.73. The summed E-state index contributed by atoms with van der Waals surface area (Å²) in [7, 11) is 4.68. The molecule has 0 saturated carbocycles. The van der Waals surface area contributed by atoms with E-state index in [9.17, 15) is 5.11 Å². The fraction of sp³-hybridized carbons (Fsp3) is 0.381. The van der Waals surface area contributed by atoms with Gasteiger partial charge < -0.3 is 24.1 Å². The first-order chi connectivity index (χ1) is 12.9. The maximum atomic E-state index is 10.8. The third-order valence-electron chi connectivity index (χ3n) is 4.47. The van der Waals surface area contributed by atoms with E-state index in [1.54, 1.807) is 26.4 Å². The number of rotatable bonds is 6. The van der Waals surface area contributed by atoms with E-state index in [1.807, 2.05) is 38.1 Å². The fourth-order valence-corrected chi connectivity index (χ4v) is 3.13. The molecule has 0 bridgehead atoms. The molecule has 1 aliphatic rings. The summed E-state index contributed by atoms with van der Waals surface area (Å²) in [6.07, 6.45) is 3.47. The van der Waals surface area contributed by atoms with Crippen LogP contribution in [0.5, 0.6) is 23.1 Å². The molecular formula is C21H25NO5. The van der Waals surface area contributed by atoms with E-state index in [0.29, 0.717) is 35.1 Å². The number of pyridine rings is 1. The van der Waals surface area contributed by atoms with Crippen LogP contribution in [0.15, 0.2) is 30.3 Å². The van der Waals surface area contributed by atoms with Crippen LogP contribution in [0, 0.1) is 0 Å². The van der Waals surface area contributed by atoms with Crippen molar-refractivity contribution in [2.45, 2.75) is 32.0 Å². The molecule has 1 N–H and O–H groups in total. The van der Waals surface area contributed by atoms with Crippen LogP contribution in [0.25, 0.3) is 6.08 Å². The minimum Gasteiger partial charge on any atom is -0.496 e. The Morgan fingerprint density at radius 2 is 1.85 bits per heavy atom. The number of benzene rings is 1. The van der Waals surface area contributed by atoms with E-state index < -0.39 is 6.10 Å². The van der Waals surface area contributed by atoms with Gasteiger partial charge in [-0.25, -0.2) is 4.98 Å². The Morgan fingerprint density at radius 3 is 2.52 bits per heavy atom. The lowest BCUT2D eigenvalue weighted by atomic mass is 9.96. The van der Waals surface area contributed by atoms with Crippen LogP contribution in [-0.4, -0.2) is 37.0 Å². The van der Waals surface area contributed by atoms with Crippen molar-refractivity contribution in [3.8, 4) is 23.1 Å². The summed E-state index contributed by atoms with van der Waals surface area (Å²) in [5.41, 5.74) is 1.82. The molecule has 1 aromatic carbocycles. The molecule has 0 aliphatic carbocycles. The van der Waals surface area contributed by atoms with Crippen LogP contribution in [0.4, 0.5) is 0 Å². The number of methoxy groups -OCH3 is 3. The molecule has 27 heavy (non-hydrogen) atoms. The Kier molecular flexibility index (Phi) is 5.28. The second-order valence-corrected chi connectivity index (χ2v) is 6.87. The van der Waals surface area contributed by atoms with Gasteiger partial charge in [-0.1, -0.05) is 0 Å². The third-order valence-corrected chi connectivity index (χ3v) is 4.47. The number of aliphatic hydroxyl groups excluding tert-OH is 1. The summed E-state index contributed by atoms with van der Waals surface area (Å²) >= 11 is 0. The van der Waals surface area contributed by atoms with Crippen LogP contribution in [0.3, 0.4) is 0 Å². The Hall–Kier alpha value is -2.73. The molecule has 0 saturated heterocycles. The van der Waals surface area contributed by atoms with Crippen LogP contribution < -0.4 is 18.9 Å². The van der Waals surface area contributed by atoms with Crippen LogP contribution in [-0.2, 0) is 6.42 Å². The zero-order valence-electron chi connectivity index (χ0n) is 16.3. The standard InChI is InChI=1S/C21H25NO5/c1-21(2)11-10-15-17(27-21)9-7-14(19(15)25-4)16(23)12-13-6-8-18(24-3)20(22-13)26-5/h6-11,16,23H,12H2,1-5H3. The monoisotopic (exact) mass is 371 g/mol. The van der Waals surface area contributed by atoms with Gasteiger partial charge >= 0.3 is 0 Å². The van der Waals surface area contributed by atoms with Gasteiger partial charge in [0.1, 0.15) is 17.1 Å². The molecule has 1 unspecified atom stereocenters. The van der Waals surface area contributed by atoms with Crippen LogP contribution in [0.1, 0.15) is 36.8 Å². The van der Waals surface area contributed by atoms with Gasteiger partial charge in [0.2, 0.25) is 0 Å². The van der Waals surface area contributed by atoms with E-state index >= 15 is 0 Å². The van der Waals surface area contributed by atoms with Crippen molar-refractivity contribution >= 4 is 6.08 Å². The number of nitrogens with zero attached hydrogens (tertiary/aromatic N) is 1. The third kappa shape index (κ3) is 3.85. The average Bonchev–Trinajstić information content (AvgIpc) is 2.65. The molecule has 2 aromatic rings. The fourth-order valence-electron chi connectivity index (χ4n) is 3.13. The molecule has 0 amide bonds. The van der Waals surface area contributed by atoms with Crippen molar-refractivity contribution in [2.75, 3.05) is 21.3 Å². The second kappa shape index (κ2) is 7.48. The summed E-state index contributed by atoms with van der Waals surface area (Å²) in [6, 6.07) is 7.28. The Balaban J connectivity index is 1.90. The summed E-state index contributed by atoms with van der Waals surface area (Å²) < 4.78 is 22.0. The number of hydrogen-bond donors (Lipinski definition) is 1. The highest BCUT2D eigenvalue weighted by Crippen LogP contribution is 2.41. The number of fused-ring (bicyclic) bond motifs is 1. The van der Waals surface area contributed by atoms with Gasteiger partial charge in [-0.05, 0) is 50.3 Å². The van der Waals surface area contributed by atoms with E-state index in [2.05, 4.69) is 4.98 Å². The molecule has 6 nitrogen and oxygen atoms in total. The summed E-state index contributed by atoms with van der Waals surface area (Å²) in [6.45, 7) is 3.98. The molecule has 3 rings (SSSR count). The van der Waals surface area contributed by atoms with Gasteiger partial charge in [0.15, 0.2) is 5.75 Å². The van der Waals surface area contributed by atoms with Gasteiger partial charge in [0, 0.05) is 17.7 Å². The smallest absolute Gasteiger partial charge is 0.256 e. The zero-order chi connectivity index (χ0) is 19.6. The average molecular weight is 371 g/mol. The molecule has 6 heteroatoms. The highest BCUT2D eigenvalue weighted by molar-refractivity contribution is 5.69. The topological polar surface area (TPSA) is 70.0 Å². The molecule has 1 aliphatic heterocycles. The SMILES string of the molecule is COc1ccc(CC(O)c2ccc3c(c2OC)C=CC(C)(C)O3)nc1OC. The summed E-state index contributed by atoms with van der Waals surface area (Å²) in [5, 5.41) is 10.8. The van der Waals surface area contributed by atoms with Gasteiger partial charge in [-0.2, -0.15) is 0 Å². The lowest BCUT2D eigenvalue weighted by Crippen LogP contribution is -2.27. The number of hydrogen-bond acceptors (Lipinski definition) is 6. The lowest BCUT2D eigenvalue weighted by molar-refractivity contribution is 0.156. The van der Waals surface area contributed by atoms with Crippen LogP contribution >= 0.6 is 0 Å². The van der Waals surface area contributed by atoms with Crippen molar-refractivity contribution in [1.82, 2.24) is 4.98 Å². The molecular weight excluding hydrogens is 346 g/mol. The minimum absolute atomic E-state index is 0.311. The predicted octanol–water partition coefficient (Wildman–Crippen LogP) is 3.57. The van der Waals surface area contributed by atoms with Crippen molar-refractivity contribution in [3.05, 3.63) is 47.2 Å². The van der Waals surface area contributed by atoms with Gasteiger partial charge in [-0.3, -0.25) is 0 Å². The number of ether oxygens (including phenoxy) is 4. The second-order valence-electron chi connectivity index (χ2n) is 6.87. The first-order valence-electron chi connectivity index (χ1n) is 8.73. The minimum atomic E-state index is -0.792. The Labute approximate surface area is 159 Å². The number of aliphatic hydroxyl groups is 1. The molecule has 0 fully saturated rings. The molecule has 0 radical (unpaired) electrons.